The van der Waals surface area contributed by atoms with Gasteiger partial charge < -0.3 is 20.3 Å². The first kappa shape index (κ1) is 14.1. The summed E-state index contributed by atoms with van der Waals surface area (Å²) in [6, 6.07) is 1.81. The number of methoxy groups -OCH3 is 1. The quantitative estimate of drug-likeness (QED) is 0.770. The highest BCUT2D eigenvalue weighted by molar-refractivity contribution is 5.73. The Kier molecular flexibility index (Phi) is 5.23. The summed E-state index contributed by atoms with van der Waals surface area (Å²) in [4.78, 5) is 16.9. The van der Waals surface area contributed by atoms with Gasteiger partial charge in [-0.3, -0.25) is 4.98 Å². The van der Waals surface area contributed by atoms with Crippen molar-refractivity contribution in [3.05, 3.63) is 18.0 Å². The maximum atomic E-state index is 11.3. The lowest BCUT2D eigenvalue weighted by atomic mass is 10.3. The van der Waals surface area contributed by atoms with Crippen LogP contribution in [0.2, 0.25) is 0 Å². The zero-order valence-electron chi connectivity index (χ0n) is 11.3. The van der Waals surface area contributed by atoms with E-state index in [0.717, 1.165) is 11.4 Å². The summed E-state index contributed by atoms with van der Waals surface area (Å²) in [5.41, 5.74) is 1.79. The van der Waals surface area contributed by atoms with Gasteiger partial charge in [0.05, 0.1) is 19.0 Å². The molecule has 18 heavy (non-hydrogen) atoms. The highest BCUT2D eigenvalue weighted by atomic mass is 16.5. The molecule has 2 N–H and O–H groups in total. The lowest BCUT2D eigenvalue weighted by Gasteiger charge is -2.14. The van der Waals surface area contributed by atoms with E-state index in [1.807, 2.05) is 13.0 Å². The van der Waals surface area contributed by atoms with Gasteiger partial charge >= 0.3 is 6.03 Å². The minimum Gasteiger partial charge on any atom is -0.493 e. The third kappa shape index (κ3) is 4.12. The first-order valence-electron chi connectivity index (χ1n) is 5.74. The van der Waals surface area contributed by atoms with Crippen LogP contribution in [0.3, 0.4) is 0 Å². The van der Waals surface area contributed by atoms with Gasteiger partial charge in [-0.05, 0) is 13.0 Å². The van der Waals surface area contributed by atoms with E-state index in [-0.39, 0.29) is 6.03 Å². The Labute approximate surface area is 107 Å². The van der Waals surface area contributed by atoms with E-state index in [2.05, 4.69) is 15.6 Å². The van der Waals surface area contributed by atoms with Gasteiger partial charge in [-0.1, -0.05) is 0 Å². The van der Waals surface area contributed by atoms with Crippen molar-refractivity contribution in [2.75, 3.05) is 39.6 Å². The van der Waals surface area contributed by atoms with Crippen LogP contribution in [0.15, 0.2) is 12.3 Å². The summed E-state index contributed by atoms with van der Waals surface area (Å²) >= 11 is 0. The number of carbonyl (C=O) groups is 1. The monoisotopic (exact) mass is 252 g/mol. The van der Waals surface area contributed by atoms with E-state index in [9.17, 15) is 4.79 Å². The molecule has 0 spiro atoms. The molecule has 0 aliphatic rings. The number of anilines is 1. The topological polar surface area (TPSA) is 66.5 Å². The number of nitrogens with one attached hydrogen (secondary N) is 2. The molecule has 6 nitrogen and oxygen atoms in total. The Morgan fingerprint density at radius 3 is 2.78 bits per heavy atom. The number of rotatable bonds is 5. The fourth-order valence-corrected chi connectivity index (χ4v) is 1.37. The molecule has 6 heteroatoms. The molecule has 0 bridgehead atoms. The number of hydrogen-bond acceptors (Lipinski definition) is 4. The van der Waals surface area contributed by atoms with E-state index in [4.69, 9.17) is 4.74 Å². The summed E-state index contributed by atoms with van der Waals surface area (Å²) in [6.07, 6.45) is 1.68. The van der Waals surface area contributed by atoms with E-state index in [1.165, 1.54) is 4.90 Å². The first-order valence-corrected chi connectivity index (χ1v) is 5.74. The van der Waals surface area contributed by atoms with Crippen LogP contribution in [-0.2, 0) is 0 Å². The Morgan fingerprint density at radius 1 is 1.44 bits per heavy atom. The van der Waals surface area contributed by atoms with Crippen LogP contribution >= 0.6 is 0 Å². The molecule has 0 aliphatic carbocycles. The molecule has 0 atom stereocenters. The molecule has 0 aliphatic heterocycles. The molecule has 1 aromatic rings. The van der Waals surface area contributed by atoms with Gasteiger partial charge in [-0.25, -0.2) is 4.79 Å². The van der Waals surface area contributed by atoms with Crippen LogP contribution in [-0.4, -0.2) is 50.2 Å². The third-order valence-electron chi connectivity index (χ3n) is 2.35. The summed E-state index contributed by atoms with van der Waals surface area (Å²) in [5, 5.41) is 5.97. The van der Waals surface area contributed by atoms with Crippen molar-refractivity contribution in [1.29, 1.82) is 0 Å². The second kappa shape index (κ2) is 6.68. The zero-order valence-corrected chi connectivity index (χ0v) is 11.3. The molecule has 0 fully saturated rings. The van der Waals surface area contributed by atoms with E-state index >= 15 is 0 Å². The molecule has 100 valence electrons. The maximum absolute atomic E-state index is 11.3. The van der Waals surface area contributed by atoms with Crippen LogP contribution in [0.25, 0.3) is 0 Å². The van der Waals surface area contributed by atoms with Gasteiger partial charge in [0.2, 0.25) is 0 Å². The predicted molar refractivity (Wildman–Crippen MR) is 71.1 cm³/mol. The molecule has 2 amide bonds. The normalized spacial score (nSPS) is 9.78. The second-order valence-electron chi connectivity index (χ2n) is 4.08. The minimum atomic E-state index is -0.102. The van der Waals surface area contributed by atoms with Crippen molar-refractivity contribution in [2.24, 2.45) is 0 Å². The van der Waals surface area contributed by atoms with Crippen molar-refractivity contribution in [2.45, 2.75) is 6.92 Å². The molecule has 0 saturated heterocycles. The Balaban J connectivity index is 2.44. The number of urea groups is 1. The molecule has 0 aromatic carbocycles. The summed E-state index contributed by atoms with van der Waals surface area (Å²) in [5.74, 6) is 0.694. The van der Waals surface area contributed by atoms with Gasteiger partial charge in [0.25, 0.3) is 0 Å². The Hall–Kier alpha value is -1.98. The summed E-state index contributed by atoms with van der Waals surface area (Å²) in [6.45, 7) is 3.08. The average Bonchev–Trinajstić information content (AvgIpc) is 2.34. The van der Waals surface area contributed by atoms with Crippen molar-refractivity contribution in [1.82, 2.24) is 15.2 Å². The Morgan fingerprint density at radius 2 is 2.17 bits per heavy atom. The molecular formula is C12H20N4O2. The standard InChI is InChI=1S/C12H20N4O2/c1-9-7-10(11(18-4)8-15-9)13-5-6-14-12(17)16(2)3/h7-8H,5-6H2,1-4H3,(H,13,15)(H,14,17). The van der Waals surface area contributed by atoms with Crippen LogP contribution in [0.5, 0.6) is 5.75 Å². The fourth-order valence-electron chi connectivity index (χ4n) is 1.37. The molecule has 0 radical (unpaired) electrons. The number of hydrogen-bond donors (Lipinski definition) is 2. The van der Waals surface area contributed by atoms with Gasteiger partial charge in [0, 0.05) is 32.9 Å². The summed E-state index contributed by atoms with van der Waals surface area (Å²) in [7, 11) is 5.02. The van der Waals surface area contributed by atoms with Crippen LogP contribution in [0, 0.1) is 6.92 Å². The SMILES string of the molecule is COc1cnc(C)cc1NCCNC(=O)N(C)C. The molecule has 1 rings (SSSR count). The number of carbonyl (C=O) groups excluding carboxylic acids is 1. The Bertz CT molecular complexity index is 407. The molecule has 1 aromatic heterocycles. The number of ether oxygens (including phenoxy) is 1. The number of amides is 2. The second-order valence-corrected chi connectivity index (χ2v) is 4.08. The van der Waals surface area contributed by atoms with Gasteiger partial charge in [-0.2, -0.15) is 0 Å². The number of aryl methyl sites for hydroxylation is 1. The van der Waals surface area contributed by atoms with Crippen LogP contribution < -0.4 is 15.4 Å². The van der Waals surface area contributed by atoms with E-state index < -0.39 is 0 Å². The van der Waals surface area contributed by atoms with Crippen molar-refractivity contribution >= 4 is 11.7 Å². The maximum Gasteiger partial charge on any atom is 0.316 e. The molecule has 1 heterocycles. The van der Waals surface area contributed by atoms with E-state index in [1.54, 1.807) is 27.4 Å². The average molecular weight is 252 g/mol. The molecule has 0 unspecified atom stereocenters. The highest BCUT2D eigenvalue weighted by Crippen LogP contribution is 2.22. The van der Waals surface area contributed by atoms with Crippen molar-refractivity contribution in [3.63, 3.8) is 0 Å². The number of pyridine rings is 1. The van der Waals surface area contributed by atoms with Gasteiger partial charge in [0.1, 0.15) is 0 Å². The summed E-state index contributed by atoms with van der Waals surface area (Å²) < 4.78 is 5.20. The number of aromatic nitrogens is 1. The lowest BCUT2D eigenvalue weighted by molar-refractivity contribution is 0.218. The molecular weight excluding hydrogens is 232 g/mol. The van der Waals surface area contributed by atoms with Crippen LogP contribution in [0.4, 0.5) is 10.5 Å². The predicted octanol–water partition coefficient (Wildman–Crippen LogP) is 1.08. The zero-order chi connectivity index (χ0) is 13.5. The van der Waals surface area contributed by atoms with Gasteiger partial charge in [0.15, 0.2) is 5.75 Å². The van der Waals surface area contributed by atoms with Crippen molar-refractivity contribution in [3.8, 4) is 5.75 Å². The third-order valence-corrected chi connectivity index (χ3v) is 2.35. The first-order chi connectivity index (χ1) is 8.54. The lowest BCUT2D eigenvalue weighted by Crippen LogP contribution is -2.37. The van der Waals surface area contributed by atoms with Crippen LogP contribution in [0.1, 0.15) is 5.69 Å². The molecule has 0 saturated carbocycles. The van der Waals surface area contributed by atoms with Gasteiger partial charge in [-0.15, -0.1) is 0 Å². The smallest absolute Gasteiger partial charge is 0.316 e. The van der Waals surface area contributed by atoms with E-state index in [0.29, 0.717) is 18.8 Å². The number of nitrogens with zero attached hydrogens (tertiary/aromatic N) is 2. The van der Waals surface area contributed by atoms with Crippen molar-refractivity contribution < 1.29 is 9.53 Å². The fraction of sp³-hybridized carbons (Fsp3) is 0.500. The minimum absolute atomic E-state index is 0.102. The highest BCUT2D eigenvalue weighted by Gasteiger charge is 2.04. The largest absolute Gasteiger partial charge is 0.493 e.